The molecule has 6 nitrogen and oxygen atoms in total. The standard InChI is InChI=1S/C7H16N4O2S/c1-3-4-5-14-11(9-2)7(13)10(8)6-12/h6,9H,3-5,8H2,1-2H3. The van der Waals surface area contributed by atoms with Crippen LogP contribution in [0.3, 0.4) is 0 Å². The summed E-state index contributed by atoms with van der Waals surface area (Å²) in [4.78, 5) is 21.5. The van der Waals surface area contributed by atoms with Gasteiger partial charge in [0.1, 0.15) is 0 Å². The maximum atomic E-state index is 11.3. The molecule has 0 aliphatic heterocycles. The Morgan fingerprint density at radius 2 is 2.29 bits per heavy atom. The zero-order valence-corrected chi connectivity index (χ0v) is 9.21. The largest absolute Gasteiger partial charge is 0.365 e. The van der Waals surface area contributed by atoms with Crippen molar-refractivity contribution >= 4 is 24.4 Å². The average molecular weight is 220 g/mol. The van der Waals surface area contributed by atoms with Crippen molar-refractivity contribution in [3.63, 3.8) is 0 Å². The fraction of sp³-hybridized carbons (Fsp3) is 0.714. The number of imide groups is 1. The molecular formula is C7H16N4O2S. The monoisotopic (exact) mass is 220 g/mol. The van der Waals surface area contributed by atoms with E-state index in [1.165, 1.54) is 16.4 Å². The van der Waals surface area contributed by atoms with Crippen molar-refractivity contribution in [1.82, 2.24) is 14.8 Å². The van der Waals surface area contributed by atoms with Crippen LogP contribution >= 0.6 is 11.9 Å². The van der Waals surface area contributed by atoms with Gasteiger partial charge in [0, 0.05) is 12.8 Å². The molecule has 0 heterocycles. The molecule has 0 aromatic heterocycles. The first-order valence-corrected chi connectivity index (χ1v) is 5.25. The smallest absolute Gasteiger partial charge is 0.277 e. The maximum absolute atomic E-state index is 11.3. The van der Waals surface area contributed by atoms with Gasteiger partial charge in [0.2, 0.25) is 6.41 Å². The lowest BCUT2D eigenvalue weighted by Crippen LogP contribution is -2.47. The molecule has 0 aliphatic rings. The third kappa shape index (κ3) is 4.45. The first-order valence-electron chi connectivity index (χ1n) is 4.31. The maximum Gasteiger partial charge on any atom is 0.365 e. The minimum atomic E-state index is -0.580. The number of nitrogens with zero attached hydrogens (tertiary/aromatic N) is 2. The summed E-state index contributed by atoms with van der Waals surface area (Å²) in [5.74, 6) is 5.92. The van der Waals surface area contributed by atoms with E-state index in [-0.39, 0.29) is 6.41 Å². The number of carbonyl (C=O) groups excluding carboxylic acids is 2. The molecule has 0 unspecified atom stereocenters. The van der Waals surface area contributed by atoms with Crippen molar-refractivity contribution in [1.29, 1.82) is 0 Å². The molecule has 0 aliphatic carbocycles. The lowest BCUT2D eigenvalue weighted by atomic mass is 10.4. The van der Waals surface area contributed by atoms with Crippen LogP contribution in [0.4, 0.5) is 4.79 Å². The van der Waals surface area contributed by atoms with E-state index in [4.69, 9.17) is 5.84 Å². The molecule has 0 radical (unpaired) electrons. The molecule has 0 saturated heterocycles. The highest BCUT2D eigenvalue weighted by atomic mass is 32.2. The summed E-state index contributed by atoms with van der Waals surface area (Å²) in [5, 5.41) is 0.495. The van der Waals surface area contributed by atoms with Crippen LogP contribution < -0.4 is 11.3 Å². The molecule has 0 spiro atoms. The summed E-state index contributed by atoms with van der Waals surface area (Å²) in [5.41, 5.74) is 2.64. The molecular weight excluding hydrogens is 204 g/mol. The van der Waals surface area contributed by atoms with Crippen LogP contribution in [-0.4, -0.2) is 34.7 Å². The number of unbranched alkanes of at least 4 members (excludes halogenated alkanes) is 1. The van der Waals surface area contributed by atoms with Crippen molar-refractivity contribution in [2.45, 2.75) is 19.8 Å². The summed E-state index contributed by atoms with van der Waals surface area (Å²) in [6, 6.07) is -0.580. The van der Waals surface area contributed by atoms with Gasteiger partial charge >= 0.3 is 6.03 Å². The van der Waals surface area contributed by atoms with Crippen molar-refractivity contribution in [3.8, 4) is 0 Å². The van der Waals surface area contributed by atoms with Gasteiger partial charge in [-0.05, 0) is 18.4 Å². The molecule has 0 fully saturated rings. The Balaban J connectivity index is 3.98. The second-order valence-corrected chi connectivity index (χ2v) is 3.53. The molecule has 0 aromatic rings. The Labute approximate surface area is 87.9 Å². The Kier molecular flexibility index (Phi) is 7.17. The Bertz CT molecular complexity index is 191. The Morgan fingerprint density at radius 3 is 2.71 bits per heavy atom. The number of carbonyl (C=O) groups is 2. The third-order valence-electron chi connectivity index (χ3n) is 1.43. The number of amides is 3. The number of urea groups is 1. The Hall–Kier alpha value is -0.790. The van der Waals surface area contributed by atoms with Gasteiger partial charge < -0.3 is 0 Å². The second kappa shape index (κ2) is 7.60. The summed E-state index contributed by atoms with van der Waals surface area (Å²) in [6.07, 6.45) is 2.33. The molecule has 82 valence electrons. The predicted molar refractivity (Wildman–Crippen MR) is 55.8 cm³/mol. The van der Waals surface area contributed by atoms with Crippen LogP contribution in [0.2, 0.25) is 0 Å². The highest BCUT2D eigenvalue weighted by molar-refractivity contribution is 7.97. The zero-order valence-electron chi connectivity index (χ0n) is 8.40. The van der Waals surface area contributed by atoms with Crippen LogP contribution in [-0.2, 0) is 4.79 Å². The van der Waals surface area contributed by atoms with Gasteiger partial charge in [-0.15, -0.1) is 0 Å². The molecule has 7 heteroatoms. The fourth-order valence-electron chi connectivity index (χ4n) is 0.666. The van der Waals surface area contributed by atoms with Gasteiger partial charge in [0.25, 0.3) is 0 Å². The van der Waals surface area contributed by atoms with Gasteiger partial charge in [0.05, 0.1) is 0 Å². The van der Waals surface area contributed by atoms with E-state index >= 15 is 0 Å². The number of hydrogen-bond acceptors (Lipinski definition) is 5. The summed E-state index contributed by atoms with van der Waals surface area (Å²) in [7, 11) is 1.59. The van der Waals surface area contributed by atoms with Crippen molar-refractivity contribution in [2.75, 3.05) is 12.8 Å². The van der Waals surface area contributed by atoms with E-state index in [2.05, 4.69) is 12.3 Å². The minimum absolute atomic E-state index is 0.271. The Morgan fingerprint density at radius 1 is 1.64 bits per heavy atom. The lowest BCUT2D eigenvalue weighted by molar-refractivity contribution is -0.116. The quantitative estimate of drug-likeness (QED) is 0.168. The van der Waals surface area contributed by atoms with E-state index in [0.717, 1.165) is 18.6 Å². The predicted octanol–water partition coefficient (Wildman–Crippen LogP) is 0.323. The second-order valence-electron chi connectivity index (χ2n) is 2.50. The average Bonchev–Trinajstić information content (AvgIpc) is 2.22. The lowest BCUT2D eigenvalue weighted by Gasteiger charge is -2.21. The minimum Gasteiger partial charge on any atom is -0.277 e. The van der Waals surface area contributed by atoms with Crippen LogP contribution in [0.25, 0.3) is 0 Å². The van der Waals surface area contributed by atoms with E-state index in [9.17, 15) is 9.59 Å². The topological polar surface area (TPSA) is 78.7 Å². The highest BCUT2D eigenvalue weighted by Gasteiger charge is 2.16. The number of hydrogen-bond donors (Lipinski definition) is 2. The van der Waals surface area contributed by atoms with E-state index in [1.54, 1.807) is 7.05 Å². The van der Waals surface area contributed by atoms with Crippen LogP contribution in [0.5, 0.6) is 0 Å². The van der Waals surface area contributed by atoms with Crippen LogP contribution in [0.15, 0.2) is 0 Å². The van der Waals surface area contributed by atoms with E-state index < -0.39 is 6.03 Å². The number of nitrogens with two attached hydrogens (primary N) is 1. The number of hydrazine groups is 2. The fourth-order valence-corrected chi connectivity index (χ4v) is 1.60. The molecule has 0 atom stereocenters. The normalized spacial score (nSPS) is 9.64. The molecule has 0 rings (SSSR count). The first-order chi connectivity index (χ1) is 6.67. The zero-order chi connectivity index (χ0) is 11.0. The summed E-state index contributed by atoms with van der Waals surface area (Å²) >= 11 is 1.29. The van der Waals surface area contributed by atoms with Gasteiger partial charge in [-0.3, -0.25) is 4.79 Å². The van der Waals surface area contributed by atoms with Gasteiger partial charge in [0.15, 0.2) is 0 Å². The summed E-state index contributed by atoms with van der Waals surface area (Å²) < 4.78 is 1.23. The van der Waals surface area contributed by atoms with Crippen LogP contribution in [0, 0.1) is 0 Å². The van der Waals surface area contributed by atoms with Gasteiger partial charge in [-0.2, -0.15) is 9.42 Å². The van der Waals surface area contributed by atoms with Crippen molar-refractivity contribution in [2.24, 2.45) is 5.84 Å². The molecule has 0 bridgehead atoms. The van der Waals surface area contributed by atoms with Crippen molar-refractivity contribution in [3.05, 3.63) is 0 Å². The SMILES string of the molecule is CCCCSN(NC)C(=O)N(N)C=O. The summed E-state index contributed by atoms with van der Waals surface area (Å²) in [6.45, 7) is 2.06. The highest BCUT2D eigenvalue weighted by Crippen LogP contribution is 2.10. The molecule has 3 N–H and O–H groups in total. The van der Waals surface area contributed by atoms with E-state index in [1.807, 2.05) is 0 Å². The molecule has 3 amide bonds. The number of rotatable bonds is 6. The van der Waals surface area contributed by atoms with E-state index in [0.29, 0.717) is 5.01 Å². The molecule has 14 heavy (non-hydrogen) atoms. The van der Waals surface area contributed by atoms with Crippen molar-refractivity contribution < 1.29 is 9.59 Å². The van der Waals surface area contributed by atoms with Gasteiger partial charge in [-0.25, -0.2) is 16.1 Å². The van der Waals surface area contributed by atoms with Gasteiger partial charge in [-0.1, -0.05) is 13.3 Å². The third-order valence-corrected chi connectivity index (χ3v) is 2.50. The number of nitrogens with one attached hydrogen (secondary N) is 1. The first kappa shape index (κ1) is 13.2. The molecule has 0 saturated carbocycles. The molecule has 0 aromatic carbocycles. The van der Waals surface area contributed by atoms with Crippen LogP contribution in [0.1, 0.15) is 19.8 Å².